The Labute approximate surface area is 108 Å². The van der Waals surface area contributed by atoms with E-state index in [-0.39, 0.29) is 5.91 Å². The van der Waals surface area contributed by atoms with Crippen LogP contribution in [0.1, 0.15) is 5.56 Å². The zero-order valence-electron chi connectivity index (χ0n) is 9.25. The maximum Gasteiger partial charge on any atom is 0.256 e. The van der Waals surface area contributed by atoms with Crippen LogP contribution in [-0.4, -0.2) is 13.0 Å². The molecule has 0 fully saturated rings. The van der Waals surface area contributed by atoms with Crippen molar-refractivity contribution in [1.82, 2.24) is 5.32 Å². The van der Waals surface area contributed by atoms with Crippen LogP contribution < -0.4 is 16.4 Å². The van der Waals surface area contributed by atoms with Crippen LogP contribution in [-0.2, 0) is 4.79 Å². The van der Waals surface area contributed by atoms with Gasteiger partial charge in [-0.15, -0.1) is 0 Å². The lowest BCUT2D eigenvalue weighted by atomic mass is 10.1. The largest absolute Gasteiger partial charge is 0.398 e. The minimum atomic E-state index is -0.134. The molecule has 0 aromatic heterocycles. The molecule has 4 nitrogen and oxygen atoms in total. The van der Waals surface area contributed by atoms with E-state index in [1.54, 1.807) is 19.3 Å². The van der Waals surface area contributed by atoms with Crippen LogP contribution in [0.15, 0.2) is 40.6 Å². The molecule has 5 heteroatoms. The topological polar surface area (TPSA) is 67.1 Å². The second kappa shape index (κ2) is 4.63. The molecular formula is C12H12BrN3O. The summed E-state index contributed by atoms with van der Waals surface area (Å²) in [5, 5.41) is 5.61. The second-order valence-corrected chi connectivity index (χ2v) is 4.55. The van der Waals surface area contributed by atoms with E-state index in [0.29, 0.717) is 11.3 Å². The summed E-state index contributed by atoms with van der Waals surface area (Å²) < 4.78 is 0.926. The van der Waals surface area contributed by atoms with Crippen molar-refractivity contribution in [3.05, 3.63) is 46.2 Å². The number of amides is 1. The number of anilines is 1. The first-order valence-corrected chi connectivity index (χ1v) is 5.87. The Kier molecular flexibility index (Phi) is 3.19. The fourth-order valence-electron chi connectivity index (χ4n) is 1.68. The van der Waals surface area contributed by atoms with E-state index in [2.05, 4.69) is 26.6 Å². The average molecular weight is 294 g/mol. The van der Waals surface area contributed by atoms with Crippen LogP contribution in [0, 0.1) is 0 Å². The third kappa shape index (κ3) is 2.34. The molecule has 0 bridgehead atoms. The summed E-state index contributed by atoms with van der Waals surface area (Å²) in [7, 11) is 1.75. The summed E-state index contributed by atoms with van der Waals surface area (Å²) in [6.07, 6.45) is 3.29. The van der Waals surface area contributed by atoms with Gasteiger partial charge in [-0.05, 0) is 24.3 Å². The Morgan fingerprint density at radius 1 is 1.53 bits per heavy atom. The average Bonchev–Trinajstić information content (AvgIpc) is 2.56. The van der Waals surface area contributed by atoms with Crippen molar-refractivity contribution in [1.29, 1.82) is 0 Å². The van der Waals surface area contributed by atoms with Crippen LogP contribution in [0.5, 0.6) is 0 Å². The van der Waals surface area contributed by atoms with Crippen LogP contribution in [0.3, 0.4) is 0 Å². The number of nitrogens with one attached hydrogen (secondary N) is 2. The lowest BCUT2D eigenvalue weighted by Gasteiger charge is -1.99. The van der Waals surface area contributed by atoms with E-state index in [9.17, 15) is 4.79 Å². The molecular weight excluding hydrogens is 282 g/mol. The number of carbonyl (C=O) groups excluding carboxylic acids is 1. The molecule has 17 heavy (non-hydrogen) atoms. The van der Waals surface area contributed by atoms with Gasteiger partial charge in [0.05, 0.1) is 5.57 Å². The fourth-order valence-corrected chi connectivity index (χ4v) is 2.04. The van der Waals surface area contributed by atoms with Gasteiger partial charge in [0, 0.05) is 34.7 Å². The summed E-state index contributed by atoms with van der Waals surface area (Å²) in [5.74, 6) is -0.134. The third-order valence-corrected chi connectivity index (χ3v) is 2.88. The molecule has 0 saturated carbocycles. The Bertz CT molecular complexity index is 535. The highest BCUT2D eigenvalue weighted by Crippen LogP contribution is 2.34. The minimum absolute atomic E-state index is 0.134. The van der Waals surface area contributed by atoms with Crippen LogP contribution in [0.25, 0.3) is 5.57 Å². The summed E-state index contributed by atoms with van der Waals surface area (Å²) in [4.78, 5) is 11.8. The molecule has 1 aromatic rings. The molecule has 0 unspecified atom stereocenters. The van der Waals surface area contributed by atoms with Crippen molar-refractivity contribution in [2.45, 2.75) is 0 Å². The minimum Gasteiger partial charge on any atom is -0.398 e. The predicted octanol–water partition coefficient (Wildman–Crippen LogP) is 1.80. The zero-order valence-corrected chi connectivity index (χ0v) is 10.8. The number of hydrogen-bond donors (Lipinski definition) is 3. The monoisotopic (exact) mass is 293 g/mol. The number of halogens is 1. The first-order valence-electron chi connectivity index (χ1n) is 5.07. The lowest BCUT2D eigenvalue weighted by molar-refractivity contribution is -0.110. The molecule has 0 aliphatic carbocycles. The standard InChI is InChI=1S/C12H12BrN3O/c1-15-6-8(14)5-10-9-4-7(13)2-3-11(9)16-12(10)17/h2-6,15H,14H2,1H3,(H,16,17)/b8-6-,10-5-. The maximum atomic E-state index is 11.8. The van der Waals surface area contributed by atoms with Gasteiger partial charge in [-0.1, -0.05) is 15.9 Å². The van der Waals surface area contributed by atoms with Gasteiger partial charge >= 0.3 is 0 Å². The number of allylic oxidation sites excluding steroid dienone is 1. The normalized spacial score (nSPS) is 16.9. The second-order valence-electron chi connectivity index (χ2n) is 3.64. The Morgan fingerprint density at radius 2 is 2.29 bits per heavy atom. The van der Waals surface area contributed by atoms with Gasteiger partial charge in [0.25, 0.3) is 5.91 Å². The van der Waals surface area contributed by atoms with Gasteiger partial charge in [0.15, 0.2) is 0 Å². The summed E-state index contributed by atoms with van der Waals surface area (Å²) >= 11 is 3.38. The first-order chi connectivity index (χ1) is 8.11. The van der Waals surface area contributed by atoms with Gasteiger partial charge in [-0.25, -0.2) is 0 Å². The van der Waals surface area contributed by atoms with Crippen LogP contribution >= 0.6 is 15.9 Å². The van der Waals surface area contributed by atoms with Crippen molar-refractivity contribution >= 4 is 33.1 Å². The Hall–Kier alpha value is -1.75. The molecule has 0 atom stereocenters. The van der Waals surface area contributed by atoms with Crippen molar-refractivity contribution < 1.29 is 4.79 Å². The number of fused-ring (bicyclic) bond motifs is 1. The molecule has 4 N–H and O–H groups in total. The molecule has 0 saturated heterocycles. The molecule has 2 rings (SSSR count). The Morgan fingerprint density at radius 3 is 3.00 bits per heavy atom. The molecule has 1 aliphatic heterocycles. The van der Waals surface area contributed by atoms with E-state index < -0.39 is 0 Å². The van der Waals surface area contributed by atoms with E-state index in [0.717, 1.165) is 15.7 Å². The quantitative estimate of drug-likeness (QED) is 0.729. The highest BCUT2D eigenvalue weighted by molar-refractivity contribution is 9.10. The number of hydrogen-bond acceptors (Lipinski definition) is 3. The molecule has 0 spiro atoms. The molecule has 1 aromatic carbocycles. The Balaban J connectivity index is 2.47. The van der Waals surface area contributed by atoms with Gasteiger partial charge < -0.3 is 16.4 Å². The first kappa shape index (κ1) is 11.7. The number of benzene rings is 1. The SMILES string of the molecule is CN/C=C(N)/C=C1\C(=O)Nc2ccc(Br)cc21. The molecule has 1 heterocycles. The summed E-state index contributed by atoms with van der Waals surface area (Å²) in [6, 6.07) is 5.64. The van der Waals surface area contributed by atoms with Gasteiger partial charge in [0.2, 0.25) is 0 Å². The van der Waals surface area contributed by atoms with Crippen molar-refractivity contribution in [3.63, 3.8) is 0 Å². The predicted molar refractivity (Wildman–Crippen MR) is 72.1 cm³/mol. The molecule has 1 aliphatic rings. The molecule has 88 valence electrons. The van der Waals surface area contributed by atoms with Crippen molar-refractivity contribution in [2.75, 3.05) is 12.4 Å². The van der Waals surface area contributed by atoms with E-state index in [1.165, 1.54) is 0 Å². The van der Waals surface area contributed by atoms with Crippen LogP contribution in [0.4, 0.5) is 5.69 Å². The van der Waals surface area contributed by atoms with Gasteiger partial charge in [-0.2, -0.15) is 0 Å². The smallest absolute Gasteiger partial charge is 0.256 e. The lowest BCUT2D eigenvalue weighted by Crippen LogP contribution is -2.07. The van der Waals surface area contributed by atoms with Crippen molar-refractivity contribution in [3.8, 4) is 0 Å². The summed E-state index contributed by atoms with van der Waals surface area (Å²) in [5.41, 5.74) is 8.50. The third-order valence-electron chi connectivity index (χ3n) is 2.39. The molecule has 0 radical (unpaired) electrons. The van der Waals surface area contributed by atoms with Gasteiger partial charge in [0.1, 0.15) is 0 Å². The highest BCUT2D eigenvalue weighted by atomic mass is 79.9. The molecule has 1 amide bonds. The fraction of sp³-hybridized carbons (Fsp3) is 0.0833. The van der Waals surface area contributed by atoms with E-state index in [4.69, 9.17) is 5.73 Å². The van der Waals surface area contributed by atoms with Crippen molar-refractivity contribution in [2.24, 2.45) is 5.73 Å². The number of carbonyl (C=O) groups is 1. The maximum absolute atomic E-state index is 11.8. The van der Waals surface area contributed by atoms with Crippen LogP contribution in [0.2, 0.25) is 0 Å². The number of nitrogens with two attached hydrogens (primary N) is 1. The summed E-state index contributed by atoms with van der Waals surface area (Å²) in [6.45, 7) is 0. The highest BCUT2D eigenvalue weighted by Gasteiger charge is 2.23. The van der Waals surface area contributed by atoms with Gasteiger partial charge in [-0.3, -0.25) is 4.79 Å². The number of rotatable bonds is 2. The van der Waals surface area contributed by atoms with E-state index in [1.807, 2.05) is 18.2 Å². The zero-order chi connectivity index (χ0) is 12.4. The van der Waals surface area contributed by atoms with E-state index >= 15 is 0 Å².